The predicted octanol–water partition coefficient (Wildman–Crippen LogP) is 16.3. The van der Waals surface area contributed by atoms with Crippen LogP contribution in [0.15, 0.2) is 221 Å². The highest BCUT2D eigenvalue weighted by atomic mass is 16.3. The summed E-state index contributed by atoms with van der Waals surface area (Å²) in [5, 5.41) is 9.16. The first kappa shape index (κ1) is 33.3. The van der Waals surface area contributed by atoms with Gasteiger partial charge in [-0.3, -0.25) is 0 Å². The van der Waals surface area contributed by atoms with Gasteiger partial charge in [0.2, 0.25) is 0 Å². The monoisotopic (exact) mass is 753 g/mol. The van der Waals surface area contributed by atoms with Crippen LogP contribution in [-0.2, 0) is 0 Å². The van der Waals surface area contributed by atoms with Crippen LogP contribution in [0.3, 0.4) is 0 Å². The fourth-order valence-electron chi connectivity index (χ4n) is 9.10. The Morgan fingerprint density at radius 1 is 0.271 bits per heavy atom. The molecular weight excluding hydrogens is 719 g/mol. The molecule has 0 aliphatic heterocycles. The summed E-state index contributed by atoms with van der Waals surface area (Å²) in [7, 11) is 0. The second-order valence-corrected chi connectivity index (χ2v) is 15.2. The summed E-state index contributed by atoms with van der Waals surface area (Å²) in [6.45, 7) is 0. The molecule has 0 bridgehead atoms. The molecule has 2 aromatic heterocycles. The zero-order chi connectivity index (χ0) is 38.9. The molecule has 0 aliphatic rings. The number of fused-ring (bicyclic) bond motifs is 11. The van der Waals surface area contributed by atoms with Gasteiger partial charge in [-0.25, -0.2) is 0 Å². The lowest BCUT2D eigenvalue weighted by atomic mass is 9.95. The summed E-state index contributed by atoms with van der Waals surface area (Å²) >= 11 is 0. The second-order valence-electron chi connectivity index (χ2n) is 15.2. The molecule has 0 amide bonds. The highest BCUT2D eigenvalue weighted by molar-refractivity contribution is 6.31. The van der Waals surface area contributed by atoms with E-state index >= 15 is 0 Å². The summed E-state index contributed by atoms with van der Waals surface area (Å²) < 4.78 is 13.5. The molecule has 0 aliphatic carbocycles. The fourth-order valence-corrected chi connectivity index (χ4v) is 9.10. The van der Waals surface area contributed by atoms with Crippen molar-refractivity contribution in [2.24, 2.45) is 0 Å². The second kappa shape index (κ2) is 13.4. The molecule has 0 saturated carbocycles. The largest absolute Gasteiger partial charge is 0.455 e. The van der Waals surface area contributed by atoms with Gasteiger partial charge >= 0.3 is 0 Å². The van der Waals surface area contributed by atoms with Crippen LogP contribution in [0.5, 0.6) is 0 Å². The van der Waals surface area contributed by atoms with Crippen LogP contribution >= 0.6 is 0 Å². The number of furan rings is 2. The quantitative estimate of drug-likeness (QED) is 0.158. The molecular formula is C56H35NO2. The van der Waals surface area contributed by atoms with Crippen LogP contribution in [0.4, 0.5) is 17.1 Å². The van der Waals surface area contributed by atoms with E-state index in [1.807, 2.05) is 12.1 Å². The maximum atomic E-state index is 7.06. The topological polar surface area (TPSA) is 29.5 Å². The van der Waals surface area contributed by atoms with Gasteiger partial charge in [-0.1, -0.05) is 170 Å². The van der Waals surface area contributed by atoms with Crippen molar-refractivity contribution in [3.05, 3.63) is 212 Å². The summed E-state index contributed by atoms with van der Waals surface area (Å²) in [6, 6.07) is 75.6. The van der Waals surface area contributed by atoms with Crippen molar-refractivity contribution < 1.29 is 8.83 Å². The van der Waals surface area contributed by atoms with E-state index in [2.05, 4.69) is 205 Å². The van der Waals surface area contributed by atoms with Crippen molar-refractivity contribution in [3.63, 3.8) is 0 Å². The van der Waals surface area contributed by atoms with E-state index in [1.54, 1.807) is 0 Å². The molecule has 12 aromatic rings. The predicted molar refractivity (Wildman–Crippen MR) is 247 cm³/mol. The number of para-hydroxylation sites is 2. The van der Waals surface area contributed by atoms with Gasteiger partial charge in [-0.2, -0.15) is 0 Å². The molecule has 3 heteroatoms. The Morgan fingerprint density at radius 2 is 0.763 bits per heavy atom. The van der Waals surface area contributed by atoms with Crippen LogP contribution in [0, 0.1) is 0 Å². The Kier molecular flexibility index (Phi) is 7.54. The average molecular weight is 754 g/mol. The third kappa shape index (κ3) is 5.36. The Hall–Kier alpha value is -7.88. The van der Waals surface area contributed by atoms with E-state index in [4.69, 9.17) is 8.83 Å². The van der Waals surface area contributed by atoms with Crippen LogP contribution < -0.4 is 4.90 Å². The van der Waals surface area contributed by atoms with E-state index < -0.39 is 0 Å². The molecule has 276 valence electrons. The van der Waals surface area contributed by atoms with Gasteiger partial charge in [0, 0.05) is 55.1 Å². The molecule has 0 radical (unpaired) electrons. The average Bonchev–Trinajstić information content (AvgIpc) is 3.90. The first-order valence-electron chi connectivity index (χ1n) is 20.1. The van der Waals surface area contributed by atoms with Crippen molar-refractivity contribution in [2.75, 3.05) is 4.90 Å². The summed E-state index contributed by atoms with van der Waals surface area (Å²) in [5.41, 5.74) is 13.4. The SMILES string of the molecule is c1ccc(-c2ccc(N(c3ccc(-c4cccc5c4oc4ccccc45)cc3)c3cc(-c4ccccc4)c4oc5c6ccccc6c6ccccc6c5c4c3)cc2)cc1. The molecule has 0 unspecified atom stereocenters. The van der Waals surface area contributed by atoms with Gasteiger partial charge in [-0.15, -0.1) is 0 Å². The maximum absolute atomic E-state index is 7.06. The van der Waals surface area contributed by atoms with Gasteiger partial charge in [-0.05, 0) is 80.9 Å². The number of hydrogen-bond acceptors (Lipinski definition) is 3. The lowest BCUT2D eigenvalue weighted by Gasteiger charge is -2.27. The van der Waals surface area contributed by atoms with Crippen LogP contribution in [0.1, 0.15) is 0 Å². The van der Waals surface area contributed by atoms with Gasteiger partial charge in [0.1, 0.15) is 22.3 Å². The minimum Gasteiger partial charge on any atom is -0.455 e. The Balaban J connectivity index is 1.10. The lowest BCUT2D eigenvalue weighted by molar-refractivity contribution is 0.670. The summed E-state index contributed by atoms with van der Waals surface area (Å²) in [6.07, 6.45) is 0. The number of anilines is 3. The van der Waals surface area contributed by atoms with Crippen LogP contribution in [0.2, 0.25) is 0 Å². The molecule has 3 nitrogen and oxygen atoms in total. The third-order valence-corrected chi connectivity index (χ3v) is 11.8. The zero-order valence-corrected chi connectivity index (χ0v) is 32.0. The molecule has 0 saturated heterocycles. The first-order chi connectivity index (χ1) is 29.3. The maximum Gasteiger partial charge on any atom is 0.143 e. The summed E-state index contributed by atoms with van der Waals surface area (Å²) in [4.78, 5) is 2.37. The van der Waals surface area contributed by atoms with Crippen molar-refractivity contribution in [1.29, 1.82) is 0 Å². The van der Waals surface area contributed by atoms with E-state index in [9.17, 15) is 0 Å². The van der Waals surface area contributed by atoms with Crippen molar-refractivity contribution >= 4 is 82.5 Å². The van der Waals surface area contributed by atoms with Crippen LogP contribution in [0.25, 0.3) is 98.8 Å². The van der Waals surface area contributed by atoms with E-state index in [-0.39, 0.29) is 0 Å². The lowest BCUT2D eigenvalue weighted by Crippen LogP contribution is -2.10. The number of rotatable bonds is 6. The molecule has 12 rings (SSSR count). The van der Waals surface area contributed by atoms with E-state index in [0.29, 0.717) is 0 Å². The normalized spacial score (nSPS) is 11.7. The van der Waals surface area contributed by atoms with Crippen molar-refractivity contribution in [3.8, 4) is 33.4 Å². The van der Waals surface area contributed by atoms with Crippen molar-refractivity contribution in [2.45, 2.75) is 0 Å². The standard InChI is InChI=1S/C56H35NO2/c1-3-14-36(15-4-1)37-26-30-40(31-27-37)57(41-32-28-39(29-33-41)43-23-13-24-49-46-20-11-12-25-52(46)58-54(43)49)42-34-50(38-16-5-2-6-17-38)55-51(35-42)53-47-21-9-7-18-44(47)45-19-8-10-22-48(45)56(53)59-55/h1-35H. The first-order valence-corrected chi connectivity index (χ1v) is 20.1. The molecule has 0 spiro atoms. The minimum atomic E-state index is 0.880. The Bertz CT molecular complexity index is 3530. The molecule has 0 fully saturated rings. The Labute approximate surface area is 340 Å². The highest BCUT2D eigenvalue weighted by Gasteiger charge is 2.23. The zero-order valence-electron chi connectivity index (χ0n) is 32.0. The minimum absolute atomic E-state index is 0.880. The smallest absolute Gasteiger partial charge is 0.143 e. The molecule has 59 heavy (non-hydrogen) atoms. The van der Waals surface area contributed by atoms with E-state index in [0.717, 1.165) is 88.6 Å². The molecule has 0 atom stereocenters. The molecule has 0 N–H and O–H groups in total. The van der Waals surface area contributed by atoms with Crippen molar-refractivity contribution in [1.82, 2.24) is 0 Å². The third-order valence-electron chi connectivity index (χ3n) is 11.8. The molecule has 10 aromatic carbocycles. The highest BCUT2D eigenvalue weighted by Crippen LogP contribution is 2.47. The van der Waals surface area contributed by atoms with Gasteiger partial charge in [0.05, 0.1) is 0 Å². The number of hydrogen-bond donors (Lipinski definition) is 0. The fraction of sp³-hybridized carbons (Fsp3) is 0. The number of benzene rings is 10. The molecule has 2 heterocycles. The Morgan fingerprint density at radius 3 is 1.47 bits per heavy atom. The summed E-state index contributed by atoms with van der Waals surface area (Å²) in [5.74, 6) is 0. The van der Waals surface area contributed by atoms with E-state index in [1.165, 1.54) is 27.3 Å². The van der Waals surface area contributed by atoms with Crippen LogP contribution in [-0.4, -0.2) is 0 Å². The van der Waals surface area contributed by atoms with Gasteiger partial charge in [0.25, 0.3) is 0 Å². The van der Waals surface area contributed by atoms with Gasteiger partial charge < -0.3 is 13.7 Å². The van der Waals surface area contributed by atoms with Gasteiger partial charge in [0.15, 0.2) is 0 Å². The number of nitrogens with zero attached hydrogens (tertiary/aromatic N) is 1.